The summed E-state index contributed by atoms with van der Waals surface area (Å²) in [6.07, 6.45) is 0. The van der Waals surface area contributed by atoms with Gasteiger partial charge in [-0.25, -0.2) is 9.36 Å². The van der Waals surface area contributed by atoms with Crippen LogP contribution in [0, 0.1) is 6.92 Å². The average Bonchev–Trinajstić information content (AvgIpc) is 3.22. The number of amides is 1. The molecule has 0 spiro atoms. The van der Waals surface area contributed by atoms with Crippen LogP contribution in [0.5, 0.6) is 0 Å². The number of halogens is 1. The van der Waals surface area contributed by atoms with E-state index in [2.05, 4.69) is 5.32 Å². The summed E-state index contributed by atoms with van der Waals surface area (Å²) in [6.45, 7) is 1.88. The molecule has 30 heavy (non-hydrogen) atoms. The molecule has 0 bridgehead atoms. The van der Waals surface area contributed by atoms with Crippen LogP contribution in [0.25, 0.3) is 15.9 Å². The highest BCUT2D eigenvalue weighted by Gasteiger charge is 2.18. The molecule has 152 valence electrons. The van der Waals surface area contributed by atoms with Gasteiger partial charge in [0, 0.05) is 11.6 Å². The number of fused-ring (bicyclic) bond motifs is 1. The normalized spacial score (nSPS) is 11.0. The third-order valence-corrected chi connectivity index (χ3v) is 6.11. The SMILES string of the molecule is Cc1ccccc1-n1c(=O)c2sccc2n(CC(=O)NCc2ccccc2Cl)c1=O. The fourth-order valence-corrected chi connectivity index (χ4v) is 4.33. The lowest BCUT2D eigenvalue weighted by molar-refractivity contribution is -0.121. The first-order chi connectivity index (χ1) is 14.5. The van der Waals surface area contributed by atoms with Crippen molar-refractivity contribution in [3.63, 3.8) is 0 Å². The van der Waals surface area contributed by atoms with Gasteiger partial charge in [-0.1, -0.05) is 48.0 Å². The van der Waals surface area contributed by atoms with Crippen LogP contribution in [0.3, 0.4) is 0 Å². The van der Waals surface area contributed by atoms with Crippen molar-refractivity contribution in [2.75, 3.05) is 0 Å². The molecule has 2 aromatic carbocycles. The van der Waals surface area contributed by atoms with Gasteiger partial charge in [0.2, 0.25) is 5.91 Å². The van der Waals surface area contributed by atoms with E-state index in [1.165, 1.54) is 15.9 Å². The average molecular weight is 440 g/mol. The molecule has 4 aromatic rings. The molecule has 1 amide bonds. The molecule has 4 rings (SSSR count). The lowest BCUT2D eigenvalue weighted by atomic mass is 10.2. The zero-order valence-corrected chi connectivity index (χ0v) is 17.7. The van der Waals surface area contributed by atoms with Crippen molar-refractivity contribution in [1.82, 2.24) is 14.5 Å². The number of hydrogen-bond acceptors (Lipinski definition) is 4. The minimum atomic E-state index is -0.548. The summed E-state index contributed by atoms with van der Waals surface area (Å²) in [7, 11) is 0. The standard InChI is InChI=1S/C22H18ClN3O3S/c1-14-6-2-5-9-17(14)26-21(28)20-18(10-11-30-20)25(22(26)29)13-19(27)24-12-15-7-3-4-8-16(15)23/h2-11H,12-13H2,1H3,(H,24,27). The second-order valence-electron chi connectivity index (χ2n) is 6.80. The molecule has 2 aromatic heterocycles. The van der Waals surface area contributed by atoms with Crippen molar-refractivity contribution in [2.45, 2.75) is 20.0 Å². The van der Waals surface area contributed by atoms with Gasteiger partial charge in [-0.2, -0.15) is 0 Å². The highest BCUT2D eigenvalue weighted by molar-refractivity contribution is 7.17. The monoisotopic (exact) mass is 439 g/mol. The van der Waals surface area contributed by atoms with Gasteiger partial charge in [-0.15, -0.1) is 11.3 Å². The second kappa shape index (κ2) is 8.30. The first-order valence-electron chi connectivity index (χ1n) is 9.26. The van der Waals surface area contributed by atoms with Crippen molar-refractivity contribution < 1.29 is 4.79 Å². The fourth-order valence-electron chi connectivity index (χ4n) is 3.30. The summed E-state index contributed by atoms with van der Waals surface area (Å²) in [6, 6.07) is 16.1. The quantitative estimate of drug-likeness (QED) is 0.517. The van der Waals surface area contributed by atoms with Crippen molar-refractivity contribution in [3.8, 4) is 5.69 Å². The maximum Gasteiger partial charge on any atom is 0.336 e. The summed E-state index contributed by atoms with van der Waals surface area (Å²) in [5.41, 5.74) is 1.61. The van der Waals surface area contributed by atoms with E-state index in [9.17, 15) is 14.4 Å². The van der Waals surface area contributed by atoms with E-state index in [4.69, 9.17) is 11.6 Å². The van der Waals surface area contributed by atoms with Crippen LogP contribution >= 0.6 is 22.9 Å². The third kappa shape index (κ3) is 3.69. The van der Waals surface area contributed by atoms with Gasteiger partial charge in [-0.3, -0.25) is 14.2 Å². The summed E-state index contributed by atoms with van der Waals surface area (Å²) < 4.78 is 2.90. The van der Waals surface area contributed by atoms with E-state index in [1.807, 2.05) is 37.3 Å². The van der Waals surface area contributed by atoms with Crippen LogP contribution in [-0.4, -0.2) is 15.0 Å². The number of nitrogens with one attached hydrogen (secondary N) is 1. The maximum absolute atomic E-state index is 13.2. The van der Waals surface area contributed by atoms with Crippen LogP contribution in [0.1, 0.15) is 11.1 Å². The molecule has 8 heteroatoms. The van der Waals surface area contributed by atoms with Crippen LogP contribution in [0.4, 0.5) is 0 Å². The molecular formula is C22H18ClN3O3S. The van der Waals surface area contributed by atoms with Crippen LogP contribution in [-0.2, 0) is 17.9 Å². The van der Waals surface area contributed by atoms with E-state index < -0.39 is 5.69 Å². The largest absolute Gasteiger partial charge is 0.350 e. The van der Waals surface area contributed by atoms with Gasteiger partial charge in [-0.05, 0) is 41.6 Å². The lowest BCUT2D eigenvalue weighted by Crippen LogP contribution is -2.41. The number of thiophene rings is 1. The summed E-state index contributed by atoms with van der Waals surface area (Å²) >= 11 is 7.38. The number of hydrogen-bond donors (Lipinski definition) is 1. The van der Waals surface area contributed by atoms with E-state index in [1.54, 1.807) is 29.6 Å². The van der Waals surface area contributed by atoms with Crippen molar-refractivity contribution >= 4 is 39.1 Å². The summed E-state index contributed by atoms with van der Waals surface area (Å²) in [5.74, 6) is -0.348. The second-order valence-corrected chi connectivity index (χ2v) is 8.12. The molecule has 1 N–H and O–H groups in total. The minimum absolute atomic E-state index is 0.206. The molecule has 0 aliphatic heterocycles. The van der Waals surface area contributed by atoms with E-state index in [-0.39, 0.29) is 24.6 Å². The molecule has 0 fully saturated rings. The number of rotatable bonds is 5. The smallest absolute Gasteiger partial charge is 0.336 e. The molecule has 0 unspecified atom stereocenters. The van der Waals surface area contributed by atoms with E-state index in [0.29, 0.717) is 20.9 Å². The van der Waals surface area contributed by atoms with Gasteiger partial charge >= 0.3 is 5.69 Å². The molecule has 0 atom stereocenters. The Balaban J connectivity index is 1.72. The Morgan fingerprint density at radius 3 is 2.57 bits per heavy atom. The Kier molecular flexibility index (Phi) is 5.57. The summed E-state index contributed by atoms with van der Waals surface area (Å²) in [5, 5.41) is 5.09. The molecular weight excluding hydrogens is 422 g/mol. The van der Waals surface area contributed by atoms with Crippen molar-refractivity contribution in [2.24, 2.45) is 0 Å². The highest BCUT2D eigenvalue weighted by Crippen LogP contribution is 2.18. The first kappa shape index (κ1) is 20.1. The molecule has 6 nitrogen and oxygen atoms in total. The Morgan fingerprint density at radius 1 is 1.07 bits per heavy atom. The number of benzene rings is 2. The predicted molar refractivity (Wildman–Crippen MR) is 120 cm³/mol. The maximum atomic E-state index is 13.2. The van der Waals surface area contributed by atoms with Crippen molar-refractivity contribution in [3.05, 3.63) is 97.0 Å². The van der Waals surface area contributed by atoms with Gasteiger partial charge in [0.05, 0.1) is 11.2 Å². The minimum Gasteiger partial charge on any atom is -0.350 e. The van der Waals surface area contributed by atoms with Crippen molar-refractivity contribution in [1.29, 1.82) is 0 Å². The number of para-hydroxylation sites is 1. The van der Waals surface area contributed by atoms with E-state index >= 15 is 0 Å². The molecule has 0 aliphatic rings. The molecule has 0 saturated heterocycles. The van der Waals surface area contributed by atoms with Gasteiger partial charge in [0.1, 0.15) is 11.2 Å². The predicted octanol–water partition coefficient (Wildman–Crippen LogP) is 3.49. The Hall–Kier alpha value is -3.16. The molecule has 0 aliphatic carbocycles. The first-order valence-corrected chi connectivity index (χ1v) is 10.5. The summed E-state index contributed by atoms with van der Waals surface area (Å²) in [4.78, 5) is 38.9. The van der Waals surface area contributed by atoms with Crippen LogP contribution in [0.15, 0.2) is 69.6 Å². The lowest BCUT2D eigenvalue weighted by Gasteiger charge is -2.14. The topological polar surface area (TPSA) is 73.1 Å². The third-order valence-electron chi connectivity index (χ3n) is 4.85. The van der Waals surface area contributed by atoms with Crippen LogP contribution < -0.4 is 16.6 Å². The number of nitrogens with zero attached hydrogens (tertiary/aromatic N) is 2. The zero-order valence-electron chi connectivity index (χ0n) is 16.1. The van der Waals surface area contributed by atoms with Gasteiger partial charge in [0.15, 0.2) is 0 Å². The Bertz CT molecular complexity index is 1370. The van der Waals surface area contributed by atoms with Crippen LogP contribution in [0.2, 0.25) is 5.02 Å². The highest BCUT2D eigenvalue weighted by atomic mass is 35.5. The van der Waals surface area contributed by atoms with Gasteiger partial charge in [0.25, 0.3) is 5.56 Å². The van der Waals surface area contributed by atoms with Gasteiger partial charge < -0.3 is 5.32 Å². The van der Waals surface area contributed by atoms with E-state index in [0.717, 1.165) is 15.7 Å². The Labute approximate surface area is 181 Å². The molecule has 0 radical (unpaired) electrons. The number of aromatic nitrogens is 2. The zero-order chi connectivity index (χ0) is 21.3. The fraction of sp³-hybridized carbons (Fsp3) is 0.136. The number of aryl methyl sites for hydroxylation is 1. The number of carbonyl (C=O) groups is 1. The molecule has 0 saturated carbocycles. The number of carbonyl (C=O) groups excluding carboxylic acids is 1. The molecule has 2 heterocycles. The Morgan fingerprint density at radius 2 is 1.80 bits per heavy atom.